The molecular weight excluding hydrogens is 520 g/mol. The Labute approximate surface area is 205 Å². The Bertz CT molecular complexity index is 1260. The standard InChI is InChI=1S/C22H14Cl3F3N2O4/c23-11-3-1-10(2-4-11)19(31)17-18(29-20(32)30-21(17,33)22(26,27)28)16-8-7-15(34-16)13-6-5-12(24)9-14(13)25/h1-9,17-18,33H,(H2,29,30,32)/t17-,18-,21+/m0/s1. The maximum absolute atomic E-state index is 14.0. The van der Waals surface area contributed by atoms with Gasteiger partial charge in [0.2, 0.25) is 5.72 Å². The van der Waals surface area contributed by atoms with Crippen molar-refractivity contribution in [2.45, 2.75) is 17.9 Å². The highest BCUT2D eigenvalue weighted by molar-refractivity contribution is 6.36. The summed E-state index contributed by atoms with van der Waals surface area (Å²) in [5, 5.41) is 15.2. The van der Waals surface area contributed by atoms with Gasteiger partial charge in [-0.05, 0) is 54.6 Å². The van der Waals surface area contributed by atoms with Crippen molar-refractivity contribution < 1.29 is 32.3 Å². The molecule has 3 N–H and O–H groups in total. The lowest BCUT2D eigenvalue weighted by atomic mass is 9.79. The fourth-order valence-electron chi connectivity index (χ4n) is 3.72. The van der Waals surface area contributed by atoms with Crippen LogP contribution in [0.2, 0.25) is 15.1 Å². The number of urea groups is 1. The highest BCUT2D eigenvalue weighted by Crippen LogP contribution is 2.45. The van der Waals surface area contributed by atoms with Gasteiger partial charge in [0, 0.05) is 21.2 Å². The van der Waals surface area contributed by atoms with Gasteiger partial charge in [0.25, 0.3) is 0 Å². The lowest BCUT2D eigenvalue weighted by molar-refractivity contribution is -0.288. The maximum atomic E-state index is 14.0. The molecule has 1 saturated heterocycles. The molecule has 2 aromatic carbocycles. The molecule has 0 radical (unpaired) electrons. The molecule has 178 valence electrons. The van der Waals surface area contributed by atoms with Crippen LogP contribution in [0.15, 0.2) is 59.0 Å². The summed E-state index contributed by atoms with van der Waals surface area (Å²) in [6.45, 7) is 0. The smallest absolute Gasteiger partial charge is 0.437 e. The van der Waals surface area contributed by atoms with Gasteiger partial charge in [0.1, 0.15) is 23.5 Å². The van der Waals surface area contributed by atoms with E-state index in [2.05, 4.69) is 5.32 Å². The van der Waals surface area contributed by atoms with Crippen LogP contribution in [0, 0.1) is 5.92 Å². The Morgan fingerprint density at radius 3 is 2.26 bits per heavy atom. The third-order valence-electron chi connectivity index (χ3n) is 5.35. The van der Waals surface area contributed by atoms with E-state index < -0.39 is 35.7 Å². The van der Waals surface area contributed by atoms with Crippen molar-refractivity contribution in [3.63, 3.8) is 0 Å². The number of carbonyl (C=O) groups excluding carboxylic acids is 2. The molecule has 0 aliphatic carbocycles. The maximum Gasteiger partial charge on any atom is 0.437 e. The minimum Gasteiger partial charge on any atom is -0.459 e. The number of alkyl halides is 3. The molecule has 2 amide bonds. The van der Waals surface area contributed by atoms with Crippen molar-refractivity contribution in [1.82, 2.24) is 10.6 Å². The van der Waals surface area contributed by atoms with E-state index in [1.807, 2.05) is 0 Å². The number of halogens is 6. The summed E-state index contributed by atoms with van der Waals surface area (Å²) in [5.41, 5.74) is -3.67. The monoisotopic (exact) mass is 532 g/mol. The van der Waals surface area contributed by atoms with Crippen LogP contribution in [-0.2, 0) is 0 Å². The predicted molar refractivity (Wildman–Crippen MR) is 119 cm³/mol. The van der Waals surface area contributed by atoms with Crippen molar-refractivity contribution >= 4 is 46.6 Å². The van der Waals surface area contributed by atoms with Gasteiger partial charge in [0.05, 0.1) is 5.02 Å². The van der Waals surface area contributed by atoms with Crippen LogP contribution < -0.4 is 10.6 Å². The predicted octanol–water partition coefficient (Wildman–Crippen LogP) is 6.01. The number of benzene rings is 2. The summed E-state index contributed by atoms with van der Waals surface area (Å²) in [6, 6.07) is 9.27. The van der Waals surface area contributed by atoms with Crippen LogP contribution in [0.4, 0.5) is 18.0 Å². The number of rotatable bonds is 4. The highest BCUT2D eigenvalue weighted by atomic mass is 35.5. The number of carbonyl (C=O) groups is 2. The Morgan fingerprint density at radius 1 is 1.00 bits per heavy atom. The van der Waals surface area contributed by atoms with Gasteiger partial charge in [-0.25, -0.2) is 4.79 Å². The van der Waals surface area contributed by atoms with E-state index in [-0.39, 0.29) is 27.1 Å². The molecule has 1 aliphatic heterocycles. The third kappa shape index (κ3) is 4.36. The molecule has 2 heterocycles. The van der Waals surface area contributed by atoms with E-state index in [4.69, 9.17) is 39.2 Å². The average Bonchev–Trinajstić information content (AvgIpc) is 3.22. The van der Waals surface area contributed by atoms with E-state index >= 15 is 0 Å². The summed E-state index contributed by atoms with van der Waals surface area (Å²) < 4.78 is 47.7. The van der Waals surface area contributed by atoms with E-state index in [1.165, 1.54) is 59.9 Å². The fraction of sp³-hybridized carbons (Fsp3) is 0.182. The number of aliphatic hydroxyl groups is 1. The van der Waals surface area contributed by atoms with Crippen LogP contribution in [0.25, 0.3) is 11.3 Å². The molecule has 12 heteroatoms. The van der Waals surface area contributed by atoms with Crippen molar-refractivity contribution in [2.24, 2.45) is 5.92 Å². The number of hydrogen-bond donors (Lipinski definition) is 3. The minimum absolute atomic E-state index is 0.151. The summed E-state index contributed by atoms with van der Waals surface area (Å²) in [6.07, 6.45) is -5.40. The lowest BCUT2D eigenvalue weighted by Crippen LogP contribution is -2.72. The molecule has 1 aliphatic rings. The van der Waals surface area contributed by atoms with Crippen molar-refractivity contribution in [1.29, 1.82) is 0 Å². The minimum atomic E-state index is -5.40. The summed E-state index contributed by atoms with van der Waals surface area (Å²) in [4.78, 5) is 25.4. The van der Waals surface area contributed by atoms with Gasteiger partial charge in [-0.1, -0.05) is 34.8 Å². The first-order chi connectivity index (χ1) is 15.9. The van der Waals surface area contributed by atoms with Gasteiger partial charge in [0.15, 0.2) is 5.78 Å². The first kappa shape index (κ1) is 24.4. The molecule has 0 unspecified atom stereocenters. The lowest BCUT2D eigenvalue weighted by Gasteiger charge is -2.44. The topological polar surface area (TPSA) is 91.6 Å². The van der Waals surface area contributed by atoms with E-state index in [0.29, 0.717) is 10.6 Å². The van der Waals surface area contributed by atoms with E-state index in [9.17, 15) is 27.9 Å². The van der Waals surface area contributed by atoms with E-state index in [0.717, 1.165) is 0 Å². The van der Waals surface area contributed by atoms with Crippen molar-refractivity contribution in [3.8, 4) is 11.3 Å². The third-order valence-corrected chi connectivity index (χ3v) is 6.15. The molecule has 0 spiro atoms. The Balaban J connectivity index is 1.82. The van der Waals surface area contributed by atoms with Gasteiger partial charge in [-0.15, -0.1) is 0 Å². The first-order valence-electron chi connectivity index (χ1n) is 9.63. The highest BCUT2D eigenvalue weighted by Gasteiger charge is 2.66. The molecular formula is C22H14Cl3F3N2O4. The van der Waals surface area contributed by atoms with E-state index in [1.54, 1.807) is 0 Å². The second-order valence-corrected chi connectivity index (χ2v) is 8.80. The molecule has 1 aromatic heterocycles. The van der Waals surface area contributed by atoms with Crippen molar-refractivity contribution in [3.05, 3.63) is 81.0 Å². The number of ketones is 1. The molecule has 4 rings (SSSR count). The van der Waals surface area contributed by atoms with Gasteiger partial charge < -0.3 is 20.2 Å². The molecule has 1 fully saturated rings. The van der Waals surface area contributed by atoms with Crippen LogP contribution in [0.1, 0.15) is 22.2 Å². The number of hydrogen-bond acceptors (Lipinski definition) is 4. The first-order valence-corrected chi connectivity index (χ1v) is 10.8. The quantitative estimate of drug-likeness (QED) is 0.358. The zero-order valence-electron chi connectivity index (χ0n) is 16.8. The zero-order chi connectivity index (χ0) is 24.8. The summed E-state index contributed by atoms with van der Waals surface area (Å²) in [7, 11) is 0. The molecule has 0 bridgehead atoms. The number of amides is 2. The number of nitrogens with one attached hydrogen (secondary N) is 2. The molecule has 3 atom stereocenters. The second kappa shape index (κ2) is 8.81. The normalized spacial score (nSPS) is 22.7. The average molecular weight is 534 g/mol. The largest absolute Gasteiger partial charge is 0.459 e. The van der Waals surface area contributed by atoms with Gasteiger partial charge in [-0.2, -0.15) is 13.2 Å². The van der Waals surface area contributed by atoms with Gasteiger partial charge in [-0.3, -0.25) is 4.79 Å². The molecule has 0 saturated carbocycles. The number of Topliss-reactive ketones (excluding diaryl/α,β-unsaturated/α-hetero) is 1. The van der Waals surface area contributed by atoms with Gasteiger partial charge >= 0.3 is 12.2 Å². The van der Waals surface area contributed by atoms with Crippen LogP contribution >= 0.6 is 34.8 Å². The zero-order valence-corrected chi connectivity index (χ0v) is 19.1. The van der Waals surface area contributed by atoms with Crippen LogP contribution in [0.5, 0.6) is 0 Å². The SMILES string of the molecule is O=C1N[C@@H](c2ccc(-c3ccc(Cl)cc3Cl)o2)[C@@H](C(=O)c2ccc(Cl)cc2)[C@@](O)(C(F)(F)F)N1. The Hall–Kier alpha value is -2.72. The van der Waals surface area contributed by atoms with Crippen LogP contribution in [0.3, 0.4) is 0 Å². The van der Waals surface area contributed by atoms with Crippen LogP contribution in [-0.4, -0.2) is 28.8 Å². The summed E-state index contributed by atoms with van der Waals surface area (Å²) >= 11 is 17.9. The Kier molecular flexibility index (Phi) is 6.32. The fourth-order valence-corrected chi connectivity index (χ4v) is 4.35. The Morgan fingerprint density at radius 2 is 1.65 bits per heavy atom. The molecule has 6 nitrogen and oxygen atoms in total. The molecule has 3 aromatic rings. The second-order valence-electron chi connectivity index (χ2n) is 7.52. The van der Waals surface area contributed by atoms with Crippen molar-refractivity contribution in [2.75, 3.05) is 0 Å². The number of furan rings is 1. The summed E-state index contributed by atoms with van der Waals surface area (Å²) in [5.74, 6) is -3.40. The molecule has 34 heavy (non-hydrogen) atoms.